The van der Waals surface area contributed by atoms with Gasteiger partial charge in [0, 0.05) is 48.5 Å². The van der Waals surface area contributed by atoms with Gasteiger partial charge < -0.3 is 5.32 Å². The van der Waals surface area contributed by atoms with Gasteiger partial charge in [-0.3, -0.25) is 14.8 Å². The van der Waals surface area contributed by atoms with Crippen LogP contribution in [0.1, 0.15) is 35.7 Å². The van der Waals surface area contributed by atoms with Crippen LogP contribution in [0.25, 0.3) is 0 Å². The third-order valence-electron chi connectivity index (χ3n) is 2.89. The van der Waals surface area contributed by atoms with Crippen molar-refractivity contribution in [2.45, 2.75) is 32.6 Å². The summed E-state index contributed by atoms with van der Waals surface area (Å²) in [5.41, 5.74) is 1.87. The maximum Gasteiger partial charge on any atom is 0.220 e. The van der Waals surface area contributed by atoms with E-state index in [1.807, 2.05) is 12.3 Å². The fraction of sp³-hybridized carbons (Fsp3) is 0.429. The van der Waals surface area contributed by atoms with Crippen molar-refractivity contribution in [2.75, 3.05) is 6.54 Å². The summed E-state index contributed by atoms with van der Waals surface area (Å²) in [6.45, 7) is 4.67. The van der Waals surface area contributed by atoms with Crippen molar-refractivity contribution in [3.05, 3.63) is 40.4 Å². The molecule has 0 aliphatic rings. The quantitative estimate of drug-likeness (QED) is 0.884. The largest absolute Gasteiger partial charge is 0.355 e. The second-order valence-electron chi connectivity index (χ2n) is 4.73. The molecule has 0 spiro atoms. The monoisotopic (exact) mass is 290 g/mol. The van der Waals surface area contributed by atoms with Crippen LogP contribution >= 0.6 is 11.3 Å². The van der Waals surface area contributed by atoms with Crippen LogP contribution in [0, 0.1) is 6.92 Å². The third-order valence-corrected chi connectivity index (χ3v) is 4.08. The van der Waals surface area contributed by atoms with Gasteiger partial charge in [-0.2, -0.15) is 0 Å². The first kappa shape index (κ1) is 14.6. The van der Waals surface area contributed by atoms with Gasteiger partial charge in [0.15, 0.2) is 0 Å². The highest BCUT2D eigenvalue weighted by Gasteiger charge is 2.11. The first-order chi connectivity index (χ1) is 9.65. The normalized spacial score (nSPS) is 12.1. The highest BCUT2D eigenvalue weighted by atomic mass is 32.1. The molecule has 0 radical (unpaired) electrons. The number of thiazole rings is 1. The Kier molecular flexibility index (Phi) is 5.17. The zero-order chi connectivity index (χ0) is 14.4. The van der Waals surface area contributed by atoms with Crippen LogP contribution in [-0.2, 0) is 11.2 Å². The van der Waals surface area contributed by atoms with Gasteiger partial charge in [0.2, 0.25) is 5.91 Å². The Morgan fingerprint density at radius 2 is 2.30 bits per heavy atom. The minimum Gasteiger partial charge on any atom is -0.355 e. The Bertz CT molecular complexity index is 555. The van der Waals surface area contributed by atoms with Crippen LogP contribution in [0.15, 0.2) is 24.0 Å². The molecule has 2 aromatic heterocycles. The Balaban J connectivity index is 1.72. The predicted octanol–water partition coefficient (Wildman–Crippen LogP) is 2.09. The molecule has 1 amide bonds. The standard InChI is InChI=1S/C14H18N4OS/c1-10(14-18-11(2)9-20-14)7-17-13(19)4-3-12-8-15-5-6-16-12/h5-6,8-10H,3-4,7H2,1-2H3,(H,17,19)/t10-/m1/s1. The molecule has 0 aliphatic carbocycles. The number of rotatable bonds is 6. The maximum atomic E-state index is 11.8. The fourth-order valence-corrected chi connectivity index (χ4v) is 2.60. The molecule has 0 saturated heterocycles. The highest BCUT2D eigenvalue weighted by Crippen LogP contribution is 2.18. The number of hydrogen-bond donors (Lipinski definition) is 1. The van der Waals surface area contributed by atoms with E-state index in [0.29, 0.717) is 19.4 Å². The van der Waals surface area contributed by atoms with Gasteiger partial charge >= 0.3 is 0 Å². The second-order valence-corrected chi connectivity index (χ2v) is 5.62. The summed E-state index contributed by atoms with van der Waals surface area (Å²) in [5, 5.41) is 6.04. The van der Waals surface area contributed by atoms with Gasteiger partial charge in [-0.05, 0) is 13.3 Å². The average molecular weight is 290 g/mol. The van der Waals surface area contributed by atoms with Crippen LogP contribution in [0.2, 0.25) is 0 Å². The molecule has 0 unspecified atom stereocenters. The molecule has 2 rings (SSSR count). The average Bonchev–Trinajstić information content (AvgIpc) is 2.90. The first-order valence-corrected chi connectivity index (χ1v) is 7.46. The van der Waals surface area contributed by atoms with E-state index >= 15 is 0 Å². The number of carbonyl (C=O) groups is 1. The molecule has 106 valence electrons. The summed E-state index contributed by atoms with van der Waals surface area (Å²) in [7, 11) is 0. The molecule has 2 aromatic rings. The van der Waals surface area contributed by atoms with Crippen molar-refractivity contribution in [2.24, 2.45) is 0 Å². The minimum absolute atomic E-state index is 0.0378. The maximum absolute atomic E-state index is 11.8. The molecule has 1 N–H and O–H groups in total. The van der Waals surface area contributed by atoms with Gasteiger partial charge in [0.25, 0.3) is 0 Å². The van der Waals surface area contributed by atoms with E-state index in [2.05, 4.69) is 27.2 Å². The molecule has 1 atom stereocenters. The minimum atomic E-state index is 0.0378. The van der Waals surface area contributed by atoms with E-state index in [-0.39, 0.29) is 11.8 Å². The number of nitrogens with one attached hydrogen (secondary N) is 1. The van der Waals surface area contributed by atoms with Crippen LogP contribution in [-0.4, -0.2) is 27.4 Å². The molecular formula is C14H18N4OS. The van der Waals surface area contributed by atoms with E-state index in [9.17, 15) is 4.79 Å². The SMILES string of the molecule is Cc1csc([C@H](C)CNC(=O)CCc2cnccn2)n1. The number of hydrogen-bond acceptors (Lipinski definition) is 5. The van der Waals surface area contributed by atoms with Gasteiger partial charge in [-0.25, -0.2) is 4.98 Å². The van der Waals surface area contributed by atoms with Gasteiger partial charge in [0.05, 0.1) is 10.7 Å². The smallest absolute Gasteiger partial charge is 0.220 e. The zero-order valence-corrected chi connectivity index (χ0v) is 12.5. The van der Waals surface area contributed by atoms with E-state index < -0.39 is 0 Å². The van der Waals surface area contributed by atoms with Crippen molar-refractivity contribution >= 4 is 17.2 Å². The van der Waals surface area contributed by atoms with E-state index in [1.165, 1.54) is 0 Å². The Morgan fingerprint density at radius 3 is 2.95 bits per heavy atom. The fourth-order valence-electron chi connectivity index (χ4n) is 1.74. The van der Waals surface area contributed by atoms with Crippen LogP contribution in [0.5, 0.6) is 0 Å². The topological polar surface area (TPSA) is 67.8 Å². The van der Waals surface area contributed by atoms with Crippen molar-refractivity contribution in [1.82, 2.24) is 20.3 Å². The number of aryl methyl sites for hydroxylation is 2. The van der Waals surface area contributed by atoms with Crippen LogP contribution < -0.4 is 5.32 Å². The molecule has 2 heterocycles. The van der Waals surface area contributed by atoms with E-state index in [4.69, 9.17) is 0 Å². The first-order valence-electron chi connectivity index (χ1n) is 6.58. The zero-order valence-electron chi connectivity index (χ0n) is 11.7. The van der Waals surface area contributed by atoms with Crippen molar-refractivity contribution in [1.29, 1.82) is 0 Å². The van der Waals surface area contributed by atoms with Gasteiger partial charge in [0.1, 0.15) is 0 Å². The lowest BCUT2D eigenvalue weighted by molar-refractivity contribution is -0.121. The molecule has 0 fully saturated rings. The molecular weight excluding hydrogens is 272 g/mol. The number of amides is 1. The van der Waals surface area contributed by atoms with Gasteiger partial charge in [-0.1, -0.05) is 6.92 Å². The van der Waals surface area contributed by atoms with Crippen molar-refractivity contribution in [3.8, 4) is 0 Å². The summed E-state index contributed by atoms with van der Waals surface area (Å²) in [6, 6.07) is 0. The molecule has 0 aliphatic heterocycles. The molecule has 0 aromatic carbocycles. The molecule has 20 heavy (non-hydrogen) atoms. The second kappa shape index (κ2) is 7.09. The molecule has 5 nitrogen and oxygen atoms in total. The van der Waals surface area contributed by atoms with E-state index in [1.54, 1.807) is 29.9 Å². The summed E-state index contributed by atoms with van der Waals surface area (Å²) >= 11 is 1.64. The molecule has 6 heteroatoms. The third kappa shape index (κ3) is 4.38. The van der Waals surface area contributed by atoms with Gasteiger partial charge in [-0.15, -0.1) is 11.3 Å². The summed E-state index contributed by atoms with van der Waals surface area (Å²) in [4.78, 5) is 24.3. The van der Waals surface area contributed by atoms with Crippen LogP contribution in [0.3, 0.4) is 0 Å². The predicted molar refractivity (Wildman–Crippen MR) is 78.6 cm³/mol. The molecule has 0 saturated carbocycles. The Morgan fingerprint density at radius 1 is 1.45 bits per heavy atom. The lowest BCUT2D eigenvalue weighted by atomic mass is 10.2. The lowest BCUT2D eigenvalue weighted by Crippen LogP contribution is -2.27. The molecule has 0 bridgehead atoms. The lowest BCUT2D eigenvalue weighted by Gasteiger charge is -2.10. The number of aromatic nitrogens is 3. The van der Waals surface area contributed by atoms with Crippen LogP contribution in [0.4, 0.5) is 0 Å². The summed E-state index contributed by atoms with van der Waals surface area (Å²) < 4.78 is 0. The summed E-state index contributed by atoms with van der Waals surface area (Å²) in [5.74, 6) is 0.282. The number of carbonyl (C=O) groups excluding carboxylic acids is 1. The Hall–Kier alpha value is -1.82. The Labute approximate surface area is 122 Å². The highest BCUT2D eigenvalue weighted by molar-refractivity contribution is 7.09. The summed E-state index contributed by atoms with van der Waals surface area (Å²) in [6.07, 6.45) is 6.00. The van der Waals surface area contributed by atoms with E-state index in [0.717, 1.165) is 16.4 Å². The number of nitrogens with zero attached hydrogens (tertiary/aromatic N) is 3. The van der Waals surface area contributed by atoms with Crippen molar-refractivity contribution < 1.29 is 4.79 Å². The van der Waals surface area contributed by atoms with Crippen molar-refractivity contribution in [3.63, 3.8) is 0 Å².